The van der Waals surface area contributed by atoms with E-state index < -0.39 is 0 Å². The van der Waals surface area contributed by atoms with Crippen LogP contribution in [0.1, 0.15) is 0 Å². The number of rotatable bonds is 1. The minimum absolute atomic E-state index is 0.707. The van der Waals surface area contributed by atoms with Crippen molar-refractivity contribution in [2.75, 3.05) is 5.73 Å². The lowest BCUT2D eigenvalue weighted by molar-refractivity contribution is 1.32. The molecule has 0 radical (unpaired) electrons. The number of nitrogens with two attached hydrogens (primary N) is 1. The zero-order chi connectivity index (χ0) is 11.0. The van der Waals surface area contributed by atoms with Crippen LogP contribution in [0.4, 0.5) is 5.69 Å². The lowest BCUT2D eigenvalue weighted by Gasteiger charge is -2.04. The third-order valence-corrected chi connectivity index (χ3v) is 2.61. The van der Waals surface area contributed by atoms with E-state index in [0.29, 0.717) is 5.69 Å². The Balaban J connectivity index is 2.27. The van der Waals surface area contributed by atoms with Crippen molar-refractivity contribution < 1.29 is 0 Å². The molecule has 0 spiro atoms. The Labute approximate surface area is 92.9 Å². The van der Waals surface area contributed by atoms with E-state index in [0.717, 1.165) is 22.3 Å². The molecule has 1 aromatic carbocycles. The molecule has 0 saturated carbocycles. The SMILES string of the molecule is Nc1cc2cc[nH]c2nc1-c1ccccc1. The predicted octanol–water partition coefficient (Wildman–Crippen LogP) is 2.81. The van der Waals surface area contributed by atoms with E-state index in [1.54, 1.807) is 0 Å². The van der Waals surface area contributed by atoms with Crippen LogP contribution in [0.25, 0.3) is 22.3 Å². The molecule has 3 N–H and O–H groups in total. The fourth-order valence-corrected chi connectivity index (χ4v) is 1.83. The average molecular weight is 209 g/mol. The summed E-state index contributed by atoms with van der Waals surface area (Å²) in [4.78, 5) is 7.61. The van der Waals surface area contributed by atoms with Crippen molar-refractivity contribution in [3.63, 3.8) is 0 Å². The molecule has 0 aliphatic carbocycles. The smallest absolute Gasteiger partial charge is 0.138 e. The van der Waals surface area contributed by atoms with Gasteiger partial charge in [0, 0.05) is 17.1 Å². The molecule has 0 amide bonds. The first-order chi connectivity index (χ1) is 7.84. The molecule has 3 nitrogen and oxygen atoms in total. The second-order valence-corrected chi connectivity index (χ2v) is 3.71. The van der Waals surface area contributed by atoms with E-state index in [9.17, 15) is 0 Å². The summed E-state index contributed by atoms with van der Waals surface area (Å²) < 4.78 is 0. The summed E-state index contributed by atoms with van der Waals surface area (Å²) in [5.41, 5.74) is 9.44. The second-order valence-electron chi connectivity index (χ2n) is 3.71. The maximum absolute atomic E-state index is 6.00. The molecule has 0 bridgehead atoms. The zero-order valence-corrected chi connectivity index (χ0v) is 8.64. The molecule has 0 aliphatic heterocycles. The van der Waals surface area contributed by atoms with Gasteiger partial charge in [0.25, 0.3) is 0 Å². The Bertz CT molecular complexity index is 626. The third-order valence-electron chi connectivity index (χ3n) is 2.61. The van der Waals surface area contributed by atoms with Crippen molar-refractivity contribution in [2.24, 2.45) is 0 Å². The predicted molar refractivity (Wildman–Crippen MR) is 65.9 cm³/mol. The first-order valence-corrected chi connectivity index (χ1v) is 5.13. The topological polar surface area (TPSA) is 54.7 Å². The summed E-state index contributed by atoms with van der Waals surface area (Å²) in [6, 6.07) is 13.9. The van der Waals surface area contributed by atoms with Gasteiger partial charge in [-0.2, -0.15) is 0 Å². The molecular formula is C13H11N3. The number of nitrogens with one attached hydrogen (secondary N) is 1. The number of aromatic amines is 1. The molecule has 78 valence electrons. The summed E-state index contributed by atoms with van der Waals surface area (Å²) in [5.74, 6) is 0. The van der Waals surface area contributed by atoms with E-state index >= 15 is 0 Å². The van der Waals surface area contributed by atoms with Crippen LogP contribution >= 0.6 is 0 Å². The summed E-state index contributed by atoms with van der Waals surface area (Å²) in [6.07, 6.45) is 1.87. The van der Waals surface area contributed by atoms with Crippen molar-refractivity contribution >= 4 is 16.7 Å². The molecule has 3 heteroatoms. The minimum atomic E-state index is 0.707. The number of aromatic nitrogens is 2. The molecule has 3 rings (SSSR count). The van der Waals surface area contributed by atoms with E-state index in [1.165, 1.54) is 0 Å². The molecule has 16 heavy (non-hydrogen) atoms. The van der Waals surface area contributed by atoms with E-state index in [2.05, 4.69) is 9.97 Å². The first kappa shape index (κ1) is 8.97. The largest absolute Gasteiger partial charge is 0.397 e. The van der Waals surface area contributed by atoms with Gasteiger partial charge in [-0.1, -0.05) is 30.3 Å². The van der Waals surface area contributed by atoms with Crippen LogP contribution < -0.4 is 5.73 Å². The number of pyridine rings is 1. The van der Waals surface area contributed by atoms with Gasteiger partial charge in [0.2, 0.25) is 0 Å². The molecule has 2 aromatic heterocycles. The standard InChI is InChI=1S/C13H11N3/c14-11-8-10-6-7-15-13(10)16-12(11)9-4-2-1-3-5-9/h1-8H,14H2,(H,15,16). The van der Waals surface area contributed by atoms with Gasteiger partial charge >= 0.3 is 0 Å². The van der Waals surface area contributed by atoms with Crippen molar-refractivity contribution in [1.29, 1.82) is 0 Å². The molecular weight excluding hydrogens is 198 g/mol. The van der Waals surface area contributed by atoms with Gasteiger partial charge in [-0.25, -0.2) is 4.98 Å². The monoisotopic (exact) mass is 209 g/mol. The van der Waals surface area contributed by atoms with E-state index in [1.807, 2.05) is 48.7 Å². The van der Waals surface area contributed by atoms with E-state index in [4.69, 9.17) is 5.73 Å². The Kier molecular flexibility index (Phi) is 1.90. The lowest BCUT2D eigenvalue weighted by Crippen LogP contribution is -1.93. The number of anilines is 1. The molecule has 0 unspecified atom stereocenters. The highest BCUT2D eigenvalue weighted by Crippen LogP contribution is 2.26. The summed E-state index contributed by atoms with van der Waals surface area (Å²) >= 11 is 0. The van der Waals surface area contributed by atoms with Gasteiger partial charge in [-0.3, -0.25) is 0 Å². The highest BCUT2D eigenvalue weighted by atomic mass is 14.9. The van der Waals surface area contributed by atoms with Crippen LogP contribution in [-0.2, 0) is 0 Å². The van der Waals surface area contributed by atoms with Gasteiger partial charge < -0.3 is 10.7 Å². The summed E-state index contributed by atoms with van der Waals surface area (Å²) in [5, 5.41) is 1.04. The number of H-pyrrole nitrogens is 1. The molecule has 0 aliphatic rings. The van der Waals surface area contributed by atoms with Crippen molar-refractivity contribution in [3.8, 4) is 11.3 Å². The second kappa shape index (κ2) is 3.38. The minimum Gasteiger partial charge on any atom is -0.397 e. The van der Waals surface area contributed by atoms with Crippen LogP contribution in [0.15, 0.2) is 48.7 Å². The highest BCUT2D eigenvalue weighted by Gasteiger charge is 2.06. The lowest BCUT2D eigenvalue weighted by atomic mass is 10.1. The van der Waals surface area contributed by atoms with Gasteiger partial charge in [0.15, 0.2) is 0 Å². The van der Waals surface area contributed by atoms with Crippen molar-refractivity contribution in [1.82, 2.24) is 9.97 Å². The number of nitrogen functional groups attached to an aromatic ring is 1. The number of nitrogens with zero attached hydrogens (tertiary/aromatic N) is 1. The van der Waals surface area contributed by atoms with E-state index in [-0.39, 0.29) is 0 Å². The summed E-state index contributed by atoms with van der Waals surface area (Å²) in [6.45, 7) is 0. The van der Waals surface area contributed by atoms with Crippen LogP contribution in [0.3, 0.4) is 0 Å². The van der Waals surface area contributed by atoms with Crippen LogP contribution in [0.2, 0.25) is 0 Å². The average Bonchev–Trinajstić information content (AvgIpc) is 2.76. The number of fused-ring (bicyclic) bond motifs is 1. The molecule has 0 fully saturated rings. The van der Waals surface area contributed by atoms with Gasteiger partial charge in [0.1, 0.15) is 5.65 Å². The van der Waals surface area contributed by atoms with Crippen LogP contribution in [0, 0.1) is 0 Å². The maximum Gasteiger partial charge on any atom is 0.138 e. The molecule has 3 aromatic rings. The number of benzene rings is 1. The normalized spacial score (nSPS) is 10.8. The Morgan fingerprint density at radius 3 is 2.69 bits per heavy atom. The quantitative estimate of drug-likeness (QED) is 0.647. The van der Waals surface area contributed by atoms with Gasteiger partial charge in [-0.15, -0.1) is 0 Å². The third kappa shape index (κ3) is 1.34. The van der Waals surface area contributed by atoms with Crippen molar-refractivity contribution in [3.05, 3.63) is 48.7 Å². The molecule has 0 saturated heterocycles. The Morgan fingerprint density at radius 1 is 1.06 bits per heavy atom. The van der Waals surface area contributed by atoms with Gasteiger partial charge in [0.05, 0.1) is 11.4 Å². The summed E-state index contributed by atoms with van der Waals surface area (Å²) in [7, 11) is 0. The Hall–Kier alpha value is -2.29. The van der Waals surface area contributed by atoms with Crippen LogP contribution in [-0.4, -0.2) is 9.97 Å². The highest BCUT2D eigenvalue weighted by molar-refractivity contribution is 5.86. The molecule has 0 atom stereocenters. The maximum atomic E-state index is 6.00. The fourth-order valence-electron chi connectivity index (χ4n) is 1.83. The number of hydrogen-bond donors (Lipinski definition) is 2. The Morgan fingerprint density at radius 2 is 1.88 bits per heavy atom. The number of hydrogen-bond acceptors (Lipinski definition) is 2. The van der Waals surface area contributed by atoms with Crippen molar-refractivity contribution in [2.45, 2.75) is 0 Å². The zero-order valence-electron chi connectivity index (χ0n) is 8.64. The van der Waals surface area contributed by atoms with Crippen LogP contribution in [0.5, 0.6) is 0 Å². The fraction of sp³-hybridized carbons (Fsp3) is 0. The first-order valence-electron chi connectivity index (χ1n) is 5.13. The van der Waals surface area contributed by atoms with Gasteiger partial charge in [-0.05, 0) is 12.1 Å². The molecule has 2 heterocycles.